The van der Waals surface area contributed by atoms with Gasteiger partial charge in [0.15, 0.2) is 0 Å². The van der Waals surface area contributed by atoms with Gasteiger partial charge in [-0.15, -0.1) is 0 Å². The van der Waals surface area contributed by atoms with Crippen LogP contribution in [-0.4, -0.2) is 46.5 Å². The van der Waals surface area contributed by atoms with Gasteiger partial charge in [0, 0.05) is 12.1 Å². The summed E-state index contributed by atoms with van der Waals surface area (Å²) in [5.41, 5.74) is 0.873. The van der Waals surface area contributed by atoms with E-state index in [1.54, 1.807) is 0 Å². The summed E-state index contributed by atoms with van der Waals surface area (Å²) in [5.74, 6) is 0. The van der Waals surface area contributed by atoms with Gasteiger partial charge in [-0.25, -0.2) is 0 Å². The first-order chi connectivity index (χ1) is 8.20. The van der Waals surface area contributed by atoms with E-state index >= 15 is 0 Å². The highest BCUT2D eigenvalue weighted by Gasteiger charge is 2.36. The van der Waals surface area contributed by atoms with E-state index in [1.165, 1.54) is 0 Å². The van der Waals surface area contributed by atoms with Crippen LogP contribution in [0.5, 0.6) is 0 Å². The Balaban J connectivity index is 1.98. The highest BCUT2D eigenvalue weighted by atomic mass is 16.5. The average Bonchev–Trinajstić information content (AvgIpc) is 2.35. The molecule has 1 saturated heterocycles. The maximum atomic E-state index is 9.65. The first-order valence-electron chi connectivity index (χ1n) is 5.64. The molecule has 1 heterocycles. The van der Waals surface area contributed by atoms with Crippen molar-refractivity contribution in [3.63, 3.8) is 0 Å². The van der Waals surface area contributed by atoms with Crippen LogP contribution in [-0.2, 0) is 4.74 Å². The summed E-state index contributed by atoms with van der Waals surface area (Å²) in [6.45, 7) is -0.314. The third-order valence-corrected chi connectivity index (χ3v) is 2.85. The second kappa shape index (κ2) is 5.46. The molecule has 0 unspecified atom stereocenters. The smallest absolute Gasteiger partial charge is 0.130 e. The Morgan fingerprint density at radius 2 is 1.94 bits per heavy atom. The van der Waals surface area contributed by atoms with Crippen LogP contribution in [0.25, 0.3) is 0 Å². The number of aliphatic hydroxyl groups is 3. The molecule has 1 aliphatic rings. The minimum absolute atomic E-state index is 0.284. The zero-order valence-corrected chi connectivity index (χ0v) is 9.36. The number of nitrogens with one attached hydrogen (secondary N) is 1. The SMILES string of the molecule is OC[C@H]1O[C@@H](Nc2ccccc2)C[C@@H](O)[C@@H]1O. The molecule has 17 heavy (non-hydrogen) atoms. The van der Waals surface area contributed by atoms with Crippen LogP contribution >= 0.6 is 0 Å². The predicted molar refractivity (Wildman–Crippen MR) is 62.4 cm³/mol. The van der Waals surface area contributed by atoms with E-state index in [9.17, 15) is 10.2 Å². The molecular formula is C12H17NO4. The molecule has 5 heteroatoms. The molecule has 0 radical (unpaired) electrons. The van der Waals surface area contributed by atoms with Crippen molar-refractivity contribution >= 4 is 5.69 Å². The average molecular weight is 239 g/mol. The zero-order chi connectivity index (χ0) is 12.3. The molecule has 1 aromatic carbocycles. The minimum atomic E-state index is -1.03. The molecule has 2 rings (SSSR count). The van der Waals surface area contributed by atoms with Crippen LogP contribution in [0, 0.1) is 0 Å². The van der Waals surface area contributed by atoms with Crippen molar-refractivity contribution in [3.8, 4) is 0 Å². The van der Waals surface area contributed by atoms with E-state index in [-0.39, 0.29) is 13.0 Å². The topological polar surface area (TPSA) is 82.0 Å². The summed E-state index contributed by atoms with van der Waals surface area (Å²) in [7, 11) is 0. The lowest BCUT2D eigenvalue weighted by atomic mass is 10.0. The Morgan fingerprint density at radius 1 is 1.24 bits per heavy atom. The fourth-order valence-corrected chi connectivity index (χ4v) is 1.92. The van der Waals surface area contributed by atoms with E-state index in [0.717, 1.165) is 5.69 Å². The Hall–Kier alpha value is -1.14. The molecular weight excluding hydrogens is 222 g/mol. The van der Waals surface area contributed by atoms with Crippen molar-refractivity contribution in [1.82, 2.24) is 0 Å². The Kier molecular flexibility index (Phi) is 3.96. The molecule has 1 aliphatic heterocycles. The van der Waals surface area contributed by atoms with Crippen LogP contribution in [0.4, 0.5) is 5.69 Å². The van der Waals surface area contributed by atoms with E-state index in [4.69, 9.17) is 9.84 Å². The lowest BCUT2D eigenvalue weighted by molar-refractivity contribution is -0.172. The molecule has 0 spiro atoms. The highest BCUT2D eigenvalue weighted by Crippen LogP contribution is 2.21. The number of rotatable bonds is 3. The molecule has 4 atom stereocenters. The number of ether oxygens (including phenoxy) is 1. The fraction of sp³-hybridized carbons (Fsp3) is 0.500. The van der Waals surface area contributed by atoms with Crippen molar-refractivity contribution in [2.75, 3.05) is 11.9 Å². The van der Waals surface area contributed by atoms with Crippen molar-refractivity contribution < 1.29 is 20.1 Å². The summed E-state index contributed by atoms with van der Waals surface area (Å²) < 4.78 is 5.45. The van der Waals surface area contributed by atoms with Crippen LogP contribution in [0.2, 0.25) is 0 Å². The summed E-state index contributed by atoms with van der Waals surface area (Å²) in [4.78, 5) is 0. The van der Waals surface area contributed by atoms with Crippen LogP contribution in [0.1, 0.15) is 6.42 Å². The molecule has 0 bridgehead atoms. The van der Waals surface area contributed by atoms with E-state index in [1.807, 2.05) is 30.3 Å². The lowest BCUT2D eigenvalue weighted by Crippen LogP contribution is -2.51. The Bertz CT molecular complexity index is 346. The number of hydrogen-bond donors (Lipinski definition) is 4. The number of benzene rings is 1. The summed E-state index contributed by atoms with van der Waals surface area (Å²) in [6.07, 6.45) is -2.80. The summed E-state index contributed by atoms with van der Waals surface area (Å²) in [5, 5.41) is 31.3. The largest absolute Gasteiger partial charge is 0.394 e. The van der Waals surface area contributed by atoms with Gasteiger partial charge >= 0.3 is 0 Å². The number of para-hydroxylation sites is 1. The molecule has 94 valence electrons. The first-order valence-corrected chi connectivity index (χ1v) is 5.64. The Labute approximate surface area is 99.7 Å². The molecule has 5 nitrogen and oxygen atoms in total. The van der Waals surface area contributed by atoms with Crippen LogP contribution in [0.15, 0.2) is 30.3 Å². The van der Waals surface area contributed by atoms with Gasteiger partial charge in [-0.1, -0.05) is 18.2 Å². The first kappa shape index (κ1) is 12.3. The second-order valence-corrected chi connectivity index (χ2v) is 4.15. The van der Waals surface area contributed by atoms with Crippen molar-refractivity contribution in [2.24, 2.45) is 0 Å². The number of hydrogen-bond acceptors (Lipinski definition) is 5. The summed E-state index contributed by atoms with van der Waals surface area (Å²) >= 11 is 0. The minimum Gasteiger partial charge on any atom is -0.394 e. The number of anilines is 1. The van der Waals surface area contributed by atoms with E-state index in [2.05, 4.69) is 5.32 Å². The van der Waals surface area contributed by atoms with Crippen molar-refractivity contribution in [3.05, 3.63) is 30.3 Å². The quantitative estimate of drug-likeness (QED) is 0.593. The molecule has 0 aromatic heterocycles. The van der Waals surface area contributed by atoms with Crippen molar-refractivity contribution in [2.45, 2.75) is 31.0 Å². The third-order valence-electron chi connectivity index (χ3n) is 2.85. The van der Waals surface area contributed by atoms with Gasteiger partial charge in [0.05, 0.1) is 12.7 Å². The van der Waals surface area contributed by atoms with Crippen LogP contribution in [0.3, 0.4) is 0 Å². The van der Waals surface area contributed by atoms with E-state index in [0.29, 0.717) is 0 Å². The third kappa shape index (κ3) is 2.95. The molecule has 0 aliphatic carbocycles. The molecule has 4 N–H and O–H groups in total. The monoisotopic (exact) mass is 239 g/mol. The normalized spacial score (nSPS) is 33.4. The van der Waals surface area contributed by atoms with Gasteiger partial charge in [-0.3, -0.25) is 0 Å². The van der Waals surface area contributed by atoms with Gasteiger partial charge in [-0.2, -0.15) is 0 Å². The fourth-order valence-electron chi connectivity index (χ4n) is 1.92. The highest BCUT2D eigenvalue weighted by molar-refractivity contribution is 5.43. The number of aliphatic hydroxyl groups excluding tert-OH is 3. The molecule has 0 saturated carbocycles. The van der Waals surface area contributed by atoms with Crippen LogP contribution < -0.4 is 5.32 Å². The summed E-state index contributed by atoms with van der Waals surface area (Å²) in [6, 6.07) is 9.45. The van der Waals surface area contributed by atoms with Crippen molar-refractivity contribution in [1.29, 1.82) is 0 Å². The predicted octanol–water partition coefficient (Wildman–Crippen LogP) is -0.0724. The van der Waals surface area contributed by atoms with Gasteiger partial charge in [0.1, 0.15) is 18.4 Å². The Morgan fingerprint density at radius 3 is 2.59 bits per heavy atom. The lowest BCUT2D eigenvalue weighted by Gasteiger charge is -2.36. The van der Waals surface area contributed by atoms with E-state index < -0.39 is 24.5 Å². The molecule has 0 amide bonds. The maximum Gasteiger partial charge on any atom is 0.130 e. The second-order valence-electron chi connectivity index (χ2n) is 4.15. The molecule has 1 aromatic rings. The van der Waals surface area contributed by atoms with Gasteiger partial charge in [-0.05, 0) is 12.1 Å². The molecule has 1 fully saturated rings. The van der Waals surface area contributed by atoms with Gasteiger partial charge in [0.25, 0.3) is 0 Å². The van der Waals surface area contributed by atoms with Gasteiger partial charge < -0.3 is 25.4 Å². The zero-order valence-electron chi connectivity index (χ0n) is 9.36. The maximum absolute atomic E-state index is 9.65. The standard InChI is InChI=1S/C12H17NO4/c14-7-10-12(16)9(15)6-11(17-10)13-8-4-2-1-3-5-8/h1-5,9-16H,6-7H2/t9-,10-,11-,12+/m1/s1. The van der Waals surface area contributed by atoms with Gasteiger partial charge in [0.2, 0.25) is 0 Å².